The van der Waals surface area contributed by atoms with E-state index in [1.165, 1.54) is 6.08 Å². The monoisotopic (exact) mass is 458 g/mol. The molecule has 0 bridgehead atoms. The van der Waals surface area contributed by atoms with E-state index in [0.717, 1.165) is 28.2 Å². The summed E-state index contributed by atoms with van der Waals surface area (Å²) in [5.74, 6) is 1.03. The molecule has 8 heteroatoms. The molecule has 0 atom stereocenters. The average Bonchev–Trinajstić information content (AvgIpc) is 3.07. The Hall–Kier alpha value is -3.97. The van der Waals surface area contributed by atoms with Crippen molar-refractivity contribution in [2.45, 2.75) is 20.8 Å². The van der Waals surface area contributed by atoms with Gasteiger partial charge < -0.3 is 10.6 Å². The van der Waals surface area contributed by atoms with Crippen LogP contribution in [0.15, 0.2) is 66.7 Å². The summed E-state index contributed by atoms with van der Waals surface area (Å²) >= 11 is 6.10. The molecule has 1 amide bonds. The molecule has 7 nitrogen and oxygen atoms in total. The van der Waals surface area contributed by atoms with Crippen LogP contribution >= 0.6 is 11.6 Å². The first-order valence-electron chi connectivity index (χ1n) is 10.4. The Labute approximate surface area is 197 Å². The van der Waals surface area contributed by atoms with Crippen LogP contribution in [0, 0.1) is 20.8 Å². The van der Waals surface area contributed by atoms with Gasteiger partial charge in [-0.15, -0.1) is 10.2 Å². The number of halogens is 1. The Morgan fingerprint density at radius 2 is 1.67 bits per heavy atom. The fourth-order valence-electron chi connectivity index (χ4n) is 3.19. The Balaban J connectivity index is 1.37. The number of amides is 1. The normalized spacial score (nSPS) is 11.0. The highest BCUT2D eigenvalue weighted by atomic mass is 35.5. The Morgan fingerprint density at radius 3 is 2.30 bits per heavy atom. The predicted octanol–water partition coefficient (Wildman–Crippen LogP) is 5.64. The third kappa shape index (κ3) is 5.27. The molecule has 33 heavy (non-hydrogen) atoms. The van der Waals surface area contributed by atoms with E-state index >= 15 is 0 Å². The zero-order valence-electron chi connectivity index (χ0n) is 18.5. The average molecular weight is 459 g/mol. The highest BCUT2D eigenvalue weighted by Crippen LogP contribution is 2.20. The minimum absolute atomic E-state index is 0.239. The molecule has 0 spiro atoms. The fourth-order valence-corrected chi connectivity index (χ4v) is 3.39. The van der Waals surface area contributed by atoms with Gasteiger partial charge in [-0.05, 0) is 80.4 Å². The molecule has 0 unspecified atom stereocenters. The van der Waals surface area contributed by atoms with Crippen molar-refractivity contribution >= 4 is 40.8 Å². The van der Waals surface area contributed by atoms with Crippen LogP contribution in [0.2, 0.25) is 5.02 Å². The van der Waals surface area contributed by atoms with E-state index in [0.29, 0.717) is 22.3 Å². The summed E-state index contributed by atoms with van der Waals surface area (Å²) in [6, 6.07) is 18.4. The summed E-state index contributed by atoms with van der Waals surface area (Å²) in [7, 11) is 0. The van der Waals surface area contributed by atoms with Crippen LogP contribution in [-0.2, 0) is 4.79 Å². The van der Waals surface area contributed by atoms with Gasteiger partial charge in [-0.1, -0.05) is 29.8 Å². The second-order valence-corrected chi connectivity index (χ2v) is 7.94. The van der Waals surface area contributed by atoms with Crippen LogP contribution in [0.4, 0.5) is 17.2 Å². The van der Waals surface area contributed by atoms with Crippen molar-refractivity contribution < 1.29 is 4.79 Å². The molecule has 2 aromatic carbocycles. The van der Waals surface area contributed by atoms with E-state index in [1.54, 1.807) is 16.8 Å². The summed E-state index contributed by atoms with van der Waals surface area (Å²) in [5.41, 5.74) is 5.45. The van der Waals surface area contributed by atoms with Crippen molar-refractivity contribution in [3.05, 3.63) is 94.3 Å². The maximum Gasteiger partial charge on any atom is 0.248 e. The molecule has 166 valence electrons. The molecule has 2 N–H and O–H groups in total. The van der Waals surface area contributed by atoms with Crippen LogP contribution in [0.25, 0.3) is 11.9 Å². The van der Waals surface area contributed by atoms with E-state index in [4.69, 9.17) is 11.6 Å². The molecule has 0 fully saturated rings. The molecule has 4 aromatic rings. The number of nitrogens with zero attached hydrogens (tertiary/aromatic N) is 4. The van der Waals surface area contributed by atoms with Crippen molar-refractivity contribution in [2.75, 3.05) is 10.6 Å². The predicted molar refractivity (Wildman–Crippen MR) is 132 cm³/mol. The summed E-state index contributed by atoms with van der Waals surface area (Å²) in [5, 5.41) is 19.7. The highest BCUT2D eigenvalue weighted by molar-refractivity contribution is 6.32. The number of hydrogen-bond donors (Lipinski definition) is 2. The first-order valence-corrected chi connectivity index (χ1v) is 10.8. The molecule has 2 aromatic heterocycles. The molecule has 0 radical (unpaired) electrons. The second kappa shape index (κ2) is 9.67. The third-order valence-corrected chi connectivity index (χ3v) is 5.61. The molecular weight excluding hydrogens is 436 g/mol. The number of rotatable bonds is 6. The van der Waals surface area contributed by atoms with Crippen LogP contribution in [0.3, 0.4) is 0 Å². The number of aromatic nitrogens is 4. The topological polar surface area (TPSA) is 84.7 Å². The molecule has 0 saturated carbocycles. The van der Waals surface area contributed by atoms with Gasteiger partial charge in [0, 0.05) is 28.2 Å². The van der Waals surface area contributed by atoms with Gasteiger partial charge in [0.1, 0.15) is 0 Å². The smallest absolute Gasteiger partial charge is 0.248 e. The molecule has 0 saturated heterocycles. The number of nitrogens with one attached hydrogen (secondary N) is 2. The Bertz CT molecular complexity index is 1310. The maximum atomic E-state index is 12.2. The number of anilines is 3. The van der Waals surface area contributed by atoms with Gasteiger partial charge in [0.05, 0.1) is 5.69 Å². The van der Waals surface area contributed by atoms with Crippen LogP contribution in [-0.4, -0.2) is 25.9 Å². The van der Waals surface area contributed by atoms with Gasteiger partial charge in [-0.25, -0.2) is 4.68 Å². The van der Waals surface area contributed by atoms with E-state index in [-0.39, 0.29) is 5.91 Å². The lowest BCUT2D eigenvalue weighted by Gasteiger charge is -2.08. The first kappa shape index (κ1) is 22.2. The lowest BCUT2D eigenvalue weighted by Crippen LogP contribution is -2.07. The van der Waals surface area contributed by atoms with E-state index < -0.39 is 0 Å². The third-order valence-electron chi connectivity index (χ3n) is 5.26. The van der Waals surface area contributed by atoms with Crippen molar-refractivity contribution in [2.24, 2.45) is 0 Å². The summed E-state index contributed by atoms with van der Waals surface area (Å²) in [6.07, 6.45) is 3.14. The molecule has 4 rings (SSSR count). The first-order chi connectivity index (χ1) is 15.9. The molecule has 0 aliphatic carbocycles. The highest BCUT2D eigenvalue weighted by Gasteiger charge is 2.10. The fraction of sp³-hybridized carbons (Fsp3) is 0.120. The molecular formula is C25H23ClN6O. The SMILES string of the molecule is Cc1nn(-c2ccc(Nc3ccc(NC(=O)/C=C/c4ccccc4Cl)cc3)nn2)c(C)c1C. The zero-order valence-corrected chi connectivity index (χ0v) is 19.3. The van der Waals surface area contributed by atoms with Gasteiger partial charge in [-0.3, -0.25) is 4.79 Å². The number of benzene rings is 2. The quantitative estimate of drug-likeness (QED) is 0.365. The molecule has 0 aliphatic heterocycles. The second-order valence-electron chi connectivity index (χ2n) is 7.53. The van der Waals surface area contributed by atoms with Gasteiger partial charge in [0.15, 0.2) is 11.6 Å². The van der Waals surface area contributed by atoms with E-state index in [9.17, 15) is 4.79 Å². The number of hydrogen-bond acceptors (Lipinski definition) is 5. The van der Waals surface area contributed by atoms with Gasteiger partial charge in [0.2, 0.25) is 5.91 Å². The van der Waals surface area contributed by atoms with E-state index in [1.807, 2.05) is 75.4 Å². The van der Waals surface area contributed by atoms with Gasteiger partial charge >= 0.3 is 0 Å². The summed E-state index contributed by atoms with van der Waals surface area (Å²) < 4.78 is 1.79. The van der Waals surface area contributed by atoms with Crippen LogP contribution in [0.1, 0.15) is 22.5 Å². The lowest BCUT2D eigenvalue weighted by molar-refractivity contribution is -0.111. The van der Waals surface area contributed by atoms with Crippen LogP contribution < -0.4 is 10.6 Å². The minimum Gasteiger partial charge on any atom is -0.339 e. The van der Waals surface area contributed by atoms with Crippen LogP contribution in [0.5, 0.6) is 0 Å². The number of carbonyl (C=O) groups excluding carboxylic acids is 1. The van der Waals surface area contributed by atoms with Crippen molar-refractivity contribution in [3.8, 4) is 5.82 Å². The largest absolute Gasteiger partial charge is 0.339 e. The minimum atomic E-state index is -0.239. The molecule has 0 aliphatic rings. The zero-order chi connectivity index (χ0) is 23.4. The van der Waals surface area contributed by atoms with E-state index in [2.05, 4.69) is 25.9 Å². The Morgan fingerprint density at radius 1 is 0.939 bits per heavy atom. The summed E-state index contributed by atoms with van der Waals surface area (Å²) in [6.45, 7) is 6.03. The van der Waals surface area contributed by atoms with Crippen molar-refractivity contribution in [1.29, 1.82) is 0 Å². The lowest BCUT2D eigenvalue weighted by atomic mass is 10.2. The number of aryl methyl sites for hydroxylation is 1. The van der Waals surface area contributed by atoms with Gasteiger partial charge in [0.25, 0.3) is 0 Å². The molecule has 2 heterocycles. The van der Waals surface area contributed by atoms with Crippen molar-refractivity contribution in [1.82, 2.24) is 20.0 Å². The number of carbonyl (C=O) groups is 1. The van der Waals surface area contributed by atoms with Gasteiger partial charge in [-0.2, -0.15) is 5.10 Å². The van der Waals surface area contributed by atoms with Crippen molar-refractivity contribution in [3.63, 3.8) is 0 Å². The standard InChI is InChI=1S/C25H23ClN6O/c1-16-17(2)31-32(18(16)3)24-14-13-23(29-30-24)27-20-9-11-21(12-10-20)28-25(33)15-8-19-6-4-5-7-22(19)26/h4-15H,1-3H3,(H,27,29)(H,28,33)/b15-8+. The maximum absolute atomic E-state index is 12.2. The summed E-state index contributed by atoms with van der Waals surface area (Å²) in [4.78, 5) is 12.2. The Kier molecular flexibility index (Phi) is 6.51.